The van der Waals surface area contributed by atoms with Crippen LogP contribution in [0.4, 0.5) is 0 Å². The topological polar surface area (TPSA) is 38.9 Å². The third-order valence-corrected chi connectivity index (χ3v) is 3.27. The van der Waals surface area contributed by atoms with E-state index in [-0.39, 0.29) is 0 Å². The largest absolute Gasteiger partial charge is 0.468 e. The fraction of sp³-hybridized carbons (Fsp3) is 0.273. The van der Waals surface area contributed by atoms with Crippen molar-refractivity contribution in [3.05, 3.63) is 35.7 Å². The Hall–Kier alpha value is -1.29. The van der Waals surface area contributed by atoms with Crippen molar-refractivity contribution in [3.8, 4) is 0 Å². The molecule has 2 aromatic rings. The Bertz CT molecular complexity index is 479. The smallest absolute Gasteiger partial charge is 0.122 e. The van der Waals surface area contributed by atoms with Gasteiger partial charge in [-0.2, -0.15) is 0 Å². The van der Waals surface area contributed by atoms with Crippen LogP contribution >= 0.6 is 11.8 Å². The molecule has 0 spiro atoms. The quantitative estimate of drug-likeness (QED) is 0.779. The summed E-state index contributed by atoms with van der Waals surface area (Å²) in [5.74, 6) is 0.919. The molecule has 0 saturated carbocycles. The molecule has 0 aliphatic heterocycles. The summed E-state index contributed by atoms with van der Waals surface area (Å²) in [7, 11) is 0. The van der Waals surface area contributed by atoms with Gasteiger partial charge in [0.25, 0.3) is 0 Å². The molecule has 0 N–H and O–H groups in total. The molecule has 0 amide bonds. The molecule has 0 atom stereocenters. The molecule has 2 heterocycles. The van der Waals surface area contributed by atoms with Crippen LogP contribution in [0.1, 0.15) is 17.1 Å². The molecule has 2 rings (SSSR count). The van der Waals surface area contributed by atoms with Crippen molar-refractivity contribution >= 4 is 11.8 Å². The average molecular weight is 220 g/mol. The SMILES string of the molecule is Cc1cnc(C)c(Sc2ccoc2C)n1. The third-order valence-electron chi connectivity index (χ3n) is 2.05. The monoisotopic (exact) mass is 220 g/mol. The molecule has 0 fully saturated rings. The second-order valence-corrected chi connectivity index (χ2v) is 4.38. The first-order chi connectivity index (χ1) is 7.16. The van der Waals surface area contributed by atoms with E-state index in [9.17, 15) is 0 Å². The van der Waals surface area contributed by atoms with Gasteiger partial charge in [0.1, 0.15) is 10.8 Å². The summed E-state index contributed by atoms with van der Waals surface area (Å²) in [5, 5.41) is 0.944. The molecule has 2 aromatic heterocycles. The molecule has 0 aromatic carbocycles. The highest BCUT2D eigenvalue weighted by atomic mass is 32.2. The van der Waals surface area contributed by atoms with Crippen molar-refractivity contribution in [3.63, 3.8) is 0 Å². The van der Waals surface area contributed by atoms with E-state index < -0.39 is 0 Å². The van der Waals surface area contributed by atoms with Crippen molar-refractivity contribution < 1.29 is 4.42 Å². The maximum atomic E-state index is 5.24. The molecule has 3 nitrogen and oxygen atoms in total. The van der Waals surface area contributed by atoms with Crippen molar-refractivity contribution in [2.24, 2.45) is 0 Å². The van der Waals surface area contributed by atoms with E-state index in [4.69, 9.17) is 4.42 Å². The van der Waals surface area contributed by atoms with Crippen LogP contribution in [0.3, 0.4) is 0 Å². The Labute approximate surface area is 92.9 Å². The van der Waals surface area contributed by atoms with Crippen LogP contribution in [0.5, 0.6) is 0 Å². The minimum absolute atomic E-state index is 0.919. The average Bonchev–Trinajstić information content (AvgIpc) is 2.58. The van der Waals surface area contributed by atoms with E-state index in [2.05, 4.69) is 9.97 Å². The van der Waals surface area contributed by atoms with Gasteiger partial charge in [0.05, 0.1) is 22.5 Å². The number of hydrogen-bond donors (Lipinski definition) is 0. The number of rotatable bonds is 2. The lowest BCUT2D eigenvalue weighted by molar-refractivity contribution is 0.527. The zero-order chi connectivity index (χ0) is 10.8. The molecule has 0 bridgehead atoms. The van der Waals surface area contributed by atoms with Gasteiger partial charge in [-0.1, -0.05) is 11.8 Å². The Morgan fingerprint density at radius 1 is 1.27 bits per heavy atom. The highest BCUT2D eigenvalue weighted by Gasteiger charge is 2.08. The second-order valence-electron chi connectivity index (χ2n) is 3.35. The summed E-state index contributed by atoms with van der Waals surface area (Å²) in [6.07, 6.45) is 3.47. The third kappa shape index (κ3) is 2.21. The van der Waals surface area contributed by atoms with Gasteiger partial charge in [-0.25, -0.2) is 4.98 Å². The fourth-order valence-electron chi connectivity index (χ4n) is 1.20. The van der Waals surface area contributed by atoms with E-state index in [1.165, 1.54) is 0 Å². The van der Waals surface area contributed by atoms with Crippen molar-refractivity contribution in [1.82, 2.24) is 9.97 Å². The Balaban J connectivity index is 2.32. The molecule has 0 aliphatic rings. The van der Waals surface area contributed by atoms with Crippen LogP contribution < -0.4 is 0 Å². The van der Waals surface area contributed by atoms with Gasteiger partial charge in [0, 0.05) is 6.20 Å². The molecular weight excluding hydrogens is 208 g/mol. The second kappa shape index (κ2) is 4.06. The zero-order valence-corrected chi connectivity index (χ0v) is 9.76. The molecule has 0 saturated heterocycles. The summed E-state index contributed by atoms with van der Waals surface area (Å²) in [4.78, 5) is 9.82. The van der Waals surface area contributed by atoms with Crippen LogP contribution in [0.15, 0.2) is 32.9 Å². The van der Waals surface area contributed by atoms with Gasteiger partial charge in [-0.15, -0.1) is 0 Å². The zero-order valence-electron chi connectivity index (χ0n) is 8.94. The number of nitrogens with zero attached hydrogens (tertiary/aromatic N) is 2. The lowest BCUT2D eigenvalue weighted by atomic mass is 10.4. The van der Waals surface area contributed by atoms with Gasteiger partial charge < -0.3 is 4.42 Å². The van der Waals surface area contributed by atoms with Crippen LogP contribution in [0.2, 0.25) is 0 Å². The lowest BCUT2D eigenvalue weighted by Crippen LogP contribution is -1.92. The first kappa shape index (κ1) is 10.2. The van der Waals surface area contributed by atoms with Crippen LogP contribution in [-0.2, 0) is 0 Å². The van der Waals surface area contributed by atoms with E-state index >= 15 is 0 Å². The summed E-state index contributed by atoms with van der Waals surface area (Å²) in [5.41, 5.74) is 1.88. The lowest BCUT2D eigenvalue weighted by Gasteiger charge is -2.03. The van der Waals surface area contributed by atoms with Gasteiger partial charge in [-0.05, 0) is 26.8 Å². The summed E-state index contributed by atoms with van der Waals surface area (Å²) in [6.45, 7) is 5.85. The van der Waals surface area contributed by atoms with Gasteiger partial charge in [-0.3, -0.25) is 4.98 Å². The normalized spacial score (nSPS) is 10.6. The van der Waals surface area contributed by atoms with Crippen LogP contribution in [-0.4, -0.2) is 9.97 Å². The van der Waals surface area contributed by atoms with Gasteiger partial charge >= 0.3 is 0 Å². The predicted octanol–water partition coefficient (Wildman–Crippen LogP) is 3.15. The first-order valence-corrected chi connectivity index (χ1v) is 5.50. The molecule has 0 aliphatic carbocycles. The molecule has 15 heavy (non-hydrogen) atoms. The van der Waals surface area contributed by atoms with Crippen molar-refractivity contribution in [2.45, 2.75) is 30.7 Å². The minimum Gasteiger partial charge on any atom is -0.468 e. The summed E-state index contributed by atoms with van der Waals surface area (Å²) in [6, 6.07) is 1.95. The fourth-order valence-corrected chi connectivity index (χ4v) is 2.11. The van der Waals surface area contributed by atoms with Crippen LogP contribution in [0.25, 0.3) is 0 Å². The van der Waals surface area contributed by atoms with Crippen LogP contribution in [0, 0.1) is 20.8 Å². The van der Waals surface area contributed by atoms with E-state index in [0.29, 0.717) is 0 Å². The Morgan fingerprint density at radius 3 is 2.73 bits per heavy atom. The highest BCUT2D eigenvalue weighted by molar-refractivity contribution is 7.99. The number of hydrogen-bond acceptors (Lipinski definition) is 4. The summed E-state index contributed by atoms with van der Waals surface area (Å²) >= 11 is 1.59. The molecule has 0 radical (unpaired) electrons. The van der Waals surface area contributed by atoms with Gasteiger partial charge in [0.2, 0.25) is 0 Å². The number of aromatic nitrogens is 2. The number of aryl methyl sites for hydroxylation is 3. The van der Waals surface area contributed by atoms with E-state index in [1.54, 1.807) is 24.2 Å². The maximum Gasteiger partial charge on any atom is 0.122 e. The van der Waals surface area contributed by atoms with Crippen molar-refractivity contribution in [2.75, 3.05) is 0 Å². The van der Waals surface area contributed by atoms with Crippen molar-refractivity contribution in [1.29, 1.82) is 0 Å². The molecular formula is C11H12N2OS. The summed E-state index contributed by atoms with van der Waals surface area (Å²) < 4.78 is 5.24. The standard InChI is InChI=1S/C11H12N2OS/c1-7-6-12-8(2)11(13-7)15-10-4-5-14-9(10)3/h4-6H,1-3H3. The minimum atomic E-state index is 0.919. The first-order valence-electron chi connectivity index (χ1n) is 4.69. The van der Waals surface area contributed by atoms with Gasteiger partial charge in [0.15, 0.2) is 0 Å². The van der Waals surface area contributed by atoms with E-state index in [1.807, 2.05) is 26.8 Å². The molecule has 4 heteroatoms. The van der Waals surface area contributed by atoms with E-state index in [0.717, 1.165) is 27.1 Å². The highest BCUT2D eigenvalue weighted by Crippen LogP contribution is 2.30. The molecule has 78 valence electrons. The predicted molar refractivity (Wildman–Crippen MR) is 59.1 cm³/mol. The Morgan fingerprint density at radius 2 is 2.07 bits per heavy atom. The number of furan rings is 1. The Kier molecular flexibility index (Phi) is 2.77. The molecule has 0 unspecified atom stereocenters. The maximum absolute atomic E-state index is 5.24.